The van der Waals surface area contributed by atoms with E-state index in [0.29, 0.717) is 0 Å². The van der Waals surface area contributed by atoms with Gasteiger partial charge in [0.15, 0.2) is 0 Å². The summed E-state index contributed by atoms with van der Waals surface area (Å²) in [6.45, 7) is 5.96. The maximum Gasteiger partial charge on any atom is 0.123 e. The van der Waals surface area contributed by atoms with Gasteiger partial charge in [-0.25, -0.2) is 4.39 Å². The summed E-state index contributed by atoms with van der Waals surface area (Å²) in [6, 6.07) is 10.9. The normalized spacial score (nSPS) is 12.5. The van der Waals surface area contributed by atoms with E-state index in [-0.39, 0.29) is 11.9 Å². The molecule has 94 valence electrons. The zero-order valence-electron chi connectivity index (χ0n) is 11.0. The Kier molecular flexibility index (Phi) is 3.48. The quantitative estimate of drug-likeness (QED) is 0.853. The third kappa shape index (κ3) is 2.77. The first-order valence-corrected chi connectivity index (χ1v) is 6.06. The van der Waals surface area contributed by atoms with Gasteiger partial charge in [0.1, 0.15) is 5.82 Å². The van der Waals surface area contributed by atoms with Gasteiger partial charge in [0.25, 0.3) is 0 Å². The second kappa shape index (κ2) is 4.91. The molecule has 0 bridgehead atoms. The van der Waals surface area contributed by atoms with Gasteiger partial charge in [0.2, 0.25) is 0 Å². The van der Waals surface area contributed by atoms with Gasteiger partial charge in [-0.15, -0.1) is 0 Å². The molecule has 0 aromatic heterocycles. The van der Waals surface area contributed by atoms with Crippen LogP contribution in [0, 0.1) is 26.6 Å². The lowest BCUT2D eigenvalue weighted by Gasteiger charge is -2.15. The first kappa shape index (κ1) is 12.8. The molecule has 2 aromatic rings. The summed E-state index contributed by atoms with van der Waals surface area (Å²) in [7, 11) is 0. The summed E-state index contributed by atoms with van der Waals surface area (Å²) in [4.78, 5) is 0. The van der Waals surface area contributed by atoms with Gasteiger partial charge in [0, 0.05) is 0 Å². The Bertz CT molecular complexity index is 483. The molecule has 0 spiro atoms. The van der Waals surface area contributed by atoms with Crippen molar-refractivity contribution < 1.29 is 4.39 Å². The van der Waals surface area contributed by atoms with Crippen molar-refractivity contribution in [2.45, 2.75) is 26.8 Å². The number of aryl methyl sites for hydroxylation is 3. The Labute approximate surface area is 107 Å². The Morgan fingerprint density at radius 2 is 1.22 bits per heavy atom. The molecule has 0 heterocycles. The molecule has 1 unspecified atom stereocenters. The molecule has 2 heteroatoms. The van der Waals surface area contributed by atoms with Crippen LogP contribution < -0.4 is 5.73 Å². The van der Waals surface area contributed by atoms with Crippen LogP contribution >= 0.6 is 0 Å². The zero-order valence-corrected chi connectivity index (χ0v) is 11.0. The molecule has 18 heavy (non-hydrogen) atoms. The third-order valence-electron chi connectivity index (χ3n) is 3.03. The molecule has 2 N–H and O–H groups in total. The Balaban J connectivity index is 2.43. The molecule has 0 aliphatic carbocycles. The number of hydrogen-bond donors (Lipinski definition) is 1. The molecule has 0 saturated carbocycles. The van der Waals surface area contributed by atoms with Crippen LogP contribution in [0.15, 0.2) is 36.4 Å². The van der Waals surface area contributed by atoms with Crippen LogP contribution in [0.5, 0.6) is 0 Å². The lowest BCUT2D eigenvalue weighted by atomic mass is 9.95. The highest BCUT2D eigenvalue weighted by molar-refractivity contribution is 5.37. The van der Waals surface area contributed by atoms with Gasteiger partial charge in [-0.3, -0.25) is 0 Å². The highest BCUT2D eigenvalue weighted by atomic mass is 19.1. The van der Waals surface area contributed by atoms with E-state index in [1.54, 1.807) is 0 Å². The fourth-order valence-corrected chi connectivity index (χ4v) is 2.33. The topological polar surface area (TPSA) is 26.0 Å². The molecular formula is C16H18FN. The number of nitrogens with two attached hydrogens (primary N) is 1. The van der Waals surface area contributed by atoms with Gasteiger partial charge >= 0.3 is 0 Å². The Morgan fingerprint density at radius 3 is 1.72 bits per heavy atom. The summed E-state index contributed by atoms with van der Waals surface area (Å²) in [5, 5.41) is 0. The van der Waals surface area contributed by atoms with E-state index in [4.69, 9.17) is 5.73 Å². The Hall–Kier alpha value is -1.67. The first-order chi connectivity index (χ1) is 8.45. The van der Waals surface area contributed by atoms with Crippen LogP contribution in [-0.2, 0) is 0 Å². The van der Waals surface area contributed by atoms with Crippen molar-refractivity contribution in [3.05, 3.63) is 70.0 Å². The maximum atomic E-state index is 13.4. The van der Waals surface area contributed by atoms with Gasteiger partial charge < -0.3 is 5.73 Å². The fourth-order valence-electron chi connectivity index (χ4n) is 2.33. The van der Waals surface area contributed by atoms with E-state index in [1.165, 1.54) is 23.3 Å². The lowest BCUT2D eigenvalue weighted by Crippen LogP contribution is -2.12. The van der Waals surface area contributed by atoms with Gasteiger partial charge in [-0.2, -0.15) is 0 Å². The largest absolute Gasteiger partial charge is 0.320 e. The average Bonchev–Trinajstić information content (AvgIpc) is 2.25. The standard InChI is InChI=1S/C16H18FN/c1-10-4-11(2)6-13(5-10)16(18)14-7-12(3)8-15(17)9-14/h4-9,16H,18H2,1-3H3. The fraction of sp³-hybridized carbons (Fsp3) is 0.250. The van der Waals surface area contributed by atoms with Crippen molar-refractivity contribution in [3.63, 3.8) is 0 Å². The Morgan fingerprint density at radius 1 is 0.778 bits per heavy atom. The predicted octanol–water partition coefficient (Wildman–Crippen LogP) is 3.80. The molecule has 0 amide bonds. The predicted molar refractivity (Wildman–Crippen MR) is 73.1 cm³/mol. The van der Waals surface area contributed by atoms with Crippen LogP contribution in [0.25, 0.3) is 0 Å². The number of benzene rings is 2. The van der Waals surface area contributed by atoms with Crippen molar-refractivity contribution in [1.29, 1.82) is 0 Å². The van der Waals surface area contributed by atoms with Crippen LogP contribution in [0.3, 0.4) is 0 Å². The van der Waals surface area contributed by atoms with Crippen molar-refractivity contribution in [3.8, 4) is 0 Å². The van der Waals surface area contributed by atoms with Gasteiger partial charge in [-0.1, -0.05) is 35.4 Å². The number of halogens is 1. The van der Waals surface area contributed by atoms with Crippen molar-refractivity contribution in [2.24, 2.45) is 5.73 Å². The zero-order chi connectivity index (χ0) is 13.3. The van der Waals surface area contributed by atoms with Crippen LogP contribution in [0.1, 0.15) is 33.9 Å². The van der Waals surface area contributed by atoms with E-state index < -0.39 is 0 Å². The smallest absolute Gasteiger partial charge is 0.123 e. The van der Waals surface area contributed by atoms with Gasteiger partial charge in [0.05, 0.1) is 6.04 Å². The molecule has 1 atom stereocenters. The van der Waals surface area contributed by atoms with Crippen LogP contribution in [0.4, 0.5) is 4.39 Å². The molecule has 0 saturated heterocycles. The highest BCUT2D eigenvalue weighted by Crippen LogP contribution is 2.23. The molecular weight excluding hydrogens is 225 g/mol. The summed E-state index contributed by atoms with van der Waals surface area (Å²) in [6.07, 6.45) is 0. The molecule has 0 radical (unpaired) electrons. The SMILES string of the molecule is Cc1cc(C)cc(C(N)c2cc(C)cc(F)c2)c1. The molecule has 0 fully saturated rings. The number of rotatable bonds is 2. The minimum Gasteiger partial charge on any atom is -0.320 e. The van der Waals surface area contributed by atoms with Crippen molar-refractivity contribution in [2.75, 3.05) is 0 Å². The van der Waals surface area contributed by atoms with E-state index in [9.17, 15) is 4.39 Å². The third-order valence-corrected chi connectivity index (χ3v) is 3.03. The lowest BCUT2D eigenvalue weighted by molar-refractivity contribution is 0.622. The van der Waals surface area contributed by atoms with Crippen LogP contribution in [0.2, 0.25) is 0 Å². The summed E-state index contributed by atoms with van der Waals surface area (Å²) in [5.41, 5.74) is 11.3. The molecule has 1 nitrogen and oxygen atoms in total. The second-order valence-corrected chi connectivity index (χ2v) is 4.96. The first-order valence-electron chi connectivity index (χ1n) is 6.06. The van der Waals surface area contributed by atoms with Crippen molar-refractivity contribution in [1.82, 2.24) is 0 Å². The minimum absolute atomic E-state index is 0.232. The second-order valence-electron chi connectivity index (χ2n) is 4.96. The van der Waals surface area contributed by atoms with Gasteiger partial charge in [-0.05, 0) is 49.6 Å². The molecule has 2 aromatic carbocycles. The van der Waals surface area contributed by atoms with E-state index in [1.807, 2.05) is 26.8 Å². The molecule has 2 rings (SSSR count). The highest BCUT2D eigenvalue weighted by Gasteiger charge is 2.11. The summed E-state index contributed by atoms with van der Waals surface area (Å²) in [5.74, 6) is -0.232. The summed E-state index contributed by atoms with van der Waals surface area (Å²) < 4.78 is 13.4. The average molecular weight is 243 g/mol. The maximum absolute atomic E-state index is 13.4. The van der Waals surface area contributed by atoms with Crippen LogP contribution in [-0.4, -0.2) is 0 Å². The molecule has 0 aliphatic heterocycles. The summed E-state index contributed by atoms with van der Waals surface area (Å²) >= 11 is 0. The van der Waals surface area contributed by atoms with E-state index in [2.05, 4.69) is 18.2 Å². The monoisotopic (exact) mass is 243 g/mol. The van der Waals surface area contributed by atoms with E-state index in [0.717, 1.165) is 16.7 Å². The minimum atomic E-state index is -0.280. The van der Waals surface area contributed by atoms with E-state index >= 15 is 0 Å². The molecule has 0 aliphatic rings. The number of hydrogen-bond acceptors (Lipinski definition) is 1. The van der Waals surface area contributed by atoms with Crippen molar-refractivity contribution >= 4 is 0 Å².